The number of carbonyl (C=O) groups excluding carboxylic acids is 2. The van der Waals surface area contributed by atoms with Crippen molar-refractivity contribution in [3.8, 4) is 0 Å². The van der Waals surface area contributed by atoms with E-state index in [4.69, 9.17) is 9.47 Å². The average molecular weight is 531 g/mol. The Labute approximate surface area is 210 Å². The van der Waals surface area contributed by atoms with Crippen LogP contribution < -0.4 is 5.32 Å². The van der Waals surface area contributed by atoms with Crippen LogP contribution in [-0.4, -0.2) is 30.3 Å². The summed E-state index contributed by atoms with van der Waals surface area (Å²) in [6, 6.07) is 8.05. The maximum absolute atomic E-state index is 13.0. The van der Waals surface area contributed by atoms with Crippen molar-refractivity contribution >= 4 is 12.1 Å². The first kappa shape index (κ1) is 28.3. The van der Waals surface area contributed by atoms with Gasteiger partial charge in [0, 0.05) is 12.0 Å². The molecule has 37 heavy (non-hydrogen) atoms. The van der Waals surface area contributed by atoms with Gasteiger partial charge in [0.1, 0.15) is 5.60 Å². The van der Waals surface area contributed by atoms with E-state index >= 15 is 0 Å². The molecule has 1 N–H and O–H groups in total. The number of cyclic esters (lactones) is 1. The fraction of sp³-hybridized carbons (Fsp3) is 0.462. The van der Waals surface area contributed by atoms with Crippen LogP contribution in [0.5, 0.6) is 0 Å². The second kappa shape index (κ2) is 10.6. The highest BCUT2D eigenvalue weighted by atomic mass is 19.4. The molecular formula is C26H27F6NO4. The Balaban J connectivity index is 1.84. The van der Waals surface area contributed by atoms with Gasteiger partial charge >= 0.3 is 24.4 Å². The summed E-state index contributed by atoms with van der Waals surface area (Å²) in [5, 5.41) is 2.71. The fourth-order valence-electron chi connectivity index (χ4n) is 4.14. The van der Waals surface area contributed by atoms with Crippen molar-refractivity contribution in [2.45, 2.75) is 57.6 Å². The first-order chi connectivity index (χ1) is 17.0. The zero-order valence-corrected chi connectivity index (χ0v) is 20.4. The van der Waals surface area contributed by atoms with E-state index in [0.29, 0.717) is 11.1 Å². The molecule has 0 bridgehead atoms. The van der Waals surface area contributed by atoms with Crippen LogP contribution in [-0.2, 0) is 39.5 Å². The van der Waals surface area contributed by atoms with Crippen molar-refractivity contribution in [1.29, 1.82) is 0 Å². The Bertz CT molecular complexity index is 1090. The zero-order chi connectivity index (χ0) is 27.6. The normalized spacial score (nSPS) is 19.3. The fourth-order valence-corrected chi connectivity index (χ4v) is 4.14. The molecule has 3 atom stereocenters. The van der Waals surface area contributed by atoms with Gasteiger partial charge in [0.25, 0.3) is 0 Å². The Morgan fingerprint density at radius 1 is 0.919 bits per heavy atom. The lowest BCUT2D eigenvalue weighted by Crippen LogP contribution is -2.46. The van der Waals surface area contributed by atoms with E-state index in [1.165, 1.54) is 24.3 Å². The number of rotatable bonds is 6. The molecule has 1 amide bonds. The van der Waals surface area contributed by atoms with Crippen LogP contribution in [0, 0.1) is 11.8 Å². The molecule has 0 aliphatic carbocycles. The largest absolute Gasteiger partial charge is 0.465 e. The van der Waals surface area contributed by atoms with Gasteiger partial charge in [-0.2, -0.15) is 26.3 Å². The van der Waals surface area contributed by atoms with E-state index in [1.54, 1.807) is 20.8 Å². The molecule has 0 radical (unpaired) electrons. The number of alkyl halides is 6. The maximum atomic E-state index is 13.0. The Kier molecular flexibility index (Phi) is 8.14. The van der Waals surface area contributed by atoms with Crippen molar-refractivity contribution < 1.29 is 45.4 Å². The number of halogens is 6. The van der Waals surface area contributed by atoms with Crippen LogP contribution >= 0.6 is 0 Å². The van der Waals surface area contributed by atoms with Crippen LogP contribution in [0.25, 0.3) is 0 Å². The summed E-state index contributed by atoms with van der Waals surface area (Å²) in [7, 11) is 0. The first-order valence-corrected chi connectivity index (χ1v) is 11.5. The third kappa shape index (κ3) is 7.87. The zero-order valence-electron chi connectivity index (χ0n) is 20.4. The molecule has 1 fully saturated rings. The highest BCUT2D eigenvalue weighted by Crippen LogP contribution is 2.34. The summed E-state index contributed by atoms with van der Waals surface area (Å²) in [4.78, 5) is 25.1. The average Bonchev–Trinajstić information content (AvgIpc) is 3.11. The monoisotopic (exact) mass is 531 g/mol. The molecule has 1 aliphatic rings. The Morgan fingerprint density at radius 2 is 1.41 bits per heavy atom. The molecule has 1 heterocycles. The molecule has 2 aromatic carbocycles. The second-order valence-corrected chi connectivity index (χ2v) is 9.95. The topological polar surface area (TPSA) is 64.6 Å². The molecule has 11 heteroatoms. The number of benzene rings is 2. The summed E-state index contributed by atoms with van der Waals surface area (Å²) in [6.07, 6.45) is -9.66. The molecule has 0 aromatic heterocycles. The molecule has 3 rings (SSSR count). The van der Waals surface area contributed by atoms with Crippen molar-refractivity contribution in [3.63, 3.8) is 0 Å². The highest BCUT2D eigenvalue weighted by molar-refractivity contribution is 5.76. The molecule has 1 saturated heterocycles. The van der Waals surface area contributed by atoms with Crippen LogP contribution in [0.15, 0.2) is 48.5 Å². The van der Waals surface area contributed by atoms with E-state index in [1.807, 2.05) is 0 Å². The van der Waals surface area contributed by atoms with Gasteiger partial charge in [-0.3, -0.25) is 4.79 Å². The minimum Gasteiger partial charge on any atom is -0.465 e. The SMILES string of the molecule is CC(C)(C)OC(=O)N[C@H](Cc1ccc(C(F)(F)F)cc1)C1COC(=O)[C@H]1Cc1ccc(C(F)(F)F)cc1. The van der Waals surface area contributed by atoms with Crippen molar-refractivity contribution in [2.75, 3.05) is 6.61 Å². The molecular weight excluding hydrogens is 504 g/mol. The molecule has 1 aliphatic heterocycles. The summed E-state index contributed by atoms with van der Waals surface area (Å²) in [5.41, 5.74) is -1.54. The number of hydrogen-bond acceptors (Lipinski definition) is 4. The molecule has 5 nitrogen and oxygen atoms in total. The third-order valence-corrected chi connectivity index (χ3v) is 5.93. The van der Waals surface area contributed by atoms with E-state index in [9.17, 15) is 35.9 Å². The van der Waals surface area contributed by atoms with Gasteiger partial charge in [-0.15, -0.1) is 0 Å². The van der Waals surface area contributed by atoms with Gasteiger partial charge in [-0.1, -0.05) is 24.3 Å². The van der Waals surface area contributed by atoms with Crippen molar-refractivity contribution in [2.24, 2.45) is 11.8 Å². The van der Waals surface area contributed by atoms with Crippen molar-refractivity contribution in [3.05, 3.63) is 70.8 Å². The van der Waals surface area contributed by atoms with Crippen LogP contribution in [0.4, 0.5) is 31.1 Å². The number of esters is 1. The van der Waals surface area contributed by atoms with Crippen molar-refractivity contribution in [1.82, 2.24) is 5.32 Å². The predicted octanol–water partition coefficient (Wildman–Crippen LogP) is 6.19. The van der Waals surface area contributed by atoms with E-state index in [0.717, 1.165) is 24.3 Å². The minimum absolute atomic E-state index is 0.0567. The van der Waals surface area contributed by atoms with Gasteiger partial charge in [-0.25, -0.2) is 4.79 Å². The number of ether oxygens (including phenoxy) is 2. The van der Waals surface area contributed by atoms with Crippen LogP contribution in [0.2, 0.25) is 0 Å². The predicted molar refractivity (Wildman–Crippen MR) is 121 cm³/mol. The Hall–Kier alpha value is -3.24. The lowest BCUT2D eigenvalue weighted by molar-refractivity contribution is -0.141. The quantitative estimate of drug-likeness (QED) is 0.357. The number of nitrogens with one attached hydrogen (secondary N) is 1. The van der Waals surface area contributed by atoms with Gasteiger partial charge in [0.05, 0.1) is 23.7 Å². The van der Waals surface area contributed by atoms with E-state index in [-0.39, 0.29) is 19.4 Å². The number of hydrogen-bond donors (Lipinski definition) is 1. The standard InChI is InChI=1S/C26H27F6NO4/c1-24(2,3)37-23(35)33-21(13-16-6-10-18(11-7-16)26(30,31)32)20-14-36-22(34)19(20)12-15-4-8-17(9-5-15)25(27,28)29/h4-11,19-21H,12-14H2,1-3H3,(H,33,35)/t19-,20?,21+/m0/s1. The molecule has 2 aromatic rings. The van der Waals surface area contributed by atoms with Crippen LogP contribution in [0.3, 0.4) is 0 Å². The first-order valence-electron chi connectivity index (χ1n) is 11.5. The number of alkyl carbamates (subject to hydrolysis) is 1. The molecule has 202 valence electrons. The summed E-state index contributed by atoms with van der Waals surface area (Å²) >= 11 is 0. The highest BCUT2D eigenvalue weighted by Gasteiger charge is 2.43. The summed E-state index contributed by atoms with van der Waals surface area (Å²) < 4.78 is 88.1. The minimum atomic E-state index is -4.51. The summed E-state index contributed by atoms with van der Waals surface area (Å²) in [5.74, 6) is -1.98. The lowest BCUT2D eigenvalue weighted by atomic mass is 9.81. The molecule has 0 spiro atoms. The summed E-state index contributed by atoms with van der Waals surface area (Å²) in [6.45, 7) is 4.90. The molecule has 1 unspecified atom stereocenters. The molecule has 0 saturated carbocycles. The number of carbonyl (C=O) groups is 2. The smallest absolute Gasteiger partial charge is 0.416 e. The number of amides is 1. The van der Waals surface area contributed by atoms with Gasteiger partial charge < -0.3 is 14.8 Å². The van der Waals surface area contributed by atoms with E-state index in [2.05, 4.69) is 5.32 Å². The second-order valence-electron chi connectivity index (χ2n) is 9.95. The third-order valence-electron chi connectivity index (χ3n) is 5.93. The van der Waals surface area contributed by atoms with Gasteiger partial charge in [-0.05, 0) is 69.0 Å². The maximum Gasteiger partial charge on any atom is 0.416 e. The Morgan fingerprint density at radius 3 is 1.86 bits per heavy atom. The van der Waals surface area contributed by atoms with Crippen LogP contribution in [0.1, 0.15) is 43.0 Å². The van der Waals surface area contributed by atoms with Gasteiger partial charge in [0.15, 0.2) is 0 Å². The van der Waals surface area contributed by atoms with E-state index < -0.39 is 59.0 Å². The van der Waals surface area contributed by atoms with Gasteiger partial charge in [0.2, 0.25) is 0 Å². The lowest BCUT2D eigenvalue weighted by Gasteiger charge is -2.29.